The Labute approximate surface area is 143 Å². The molecule has 0 fully saturated rings. The zero-order valence-corrected chi connectivity index (χ0v) is 14.0. The highest BCUT2D eigenvalue weighted by molar-refractivity contribution is 5.99. The summed E-state index contributed by atoms with van der Waals surface area (Å²) >= 11 is 0. The first-order chi connectivity index (χ1) is 11.9. The molecule has 1 aliphatic rings. The predicted molar refractivity (Wildman–Crippen MR) is 86.6 cm³/mol. The number of nitrogens with one attached hydrogen (secondary N) is 1. The molecule has 3 rings (SSSR count). The lowest BCUT2D eigenvalue weighted by Crippen LogP contribution is -2.34. The molecule has 25 heavy (non-hydrogen) atoms. The van der Waals surface area contributed by atoms with Gasteiger partial charge in [-0.15, -0.1) is 0 Å². The Morgan fingerprint density at radius 1 is 1.52 bits per heavy atom. The van der Waals surface area contributed by atoms with Crippen LogP contribution in [0.25, 0.3) is 0 Å². The summed E-state index contributed by atoms with van der Waals surface area (Å²) in [5.74, 6) is -0.0174. The van der Waals surface area contributed by atoms with E-state index < -0.39 is 28.4 Å². The third-order valence-corrected chi connectivity index (χ3v) is 4.34. The van der Waals surface area contributed by atoms with Crippen LogP contribution in [0.1, 0.15) is 53.4 Å². The number of benzene rings is 1. The van der Waals surface area contributed by atoms with Gasteiger partial charge < -0.3 is 5.32 Å². The van der Waals surface area contributed by atoms with Crippen LogP contribution in [0.4, 0.5) is 10.1 Å². The van der Waals surface area contributed by atoms with Crippen LogP contribution < -0.4 is 5.32 Å². The van der Waals surface area contributed by atoms with Gasteiger partial charge in [0.25, 0.3) is 11.6 Å². The number of halogens is 1. The number of nitro benzene ring substituents is 1. The quantitative estimate of drug-likeness (QED) is 0.676. The second-order valence-electron chi connectivity index (χ2n) is 5.95. The molecule has 1 aliphatic heterocycles. The number of carbonyl (C=O) groups is 1. The molecule has 2 aromatic rings. The Morgan fingerprint density at radius 2 is 2.28 bits per heavy atom. The van der Waals surface area contributed by atoms with Crippen LogP contribution in [-0.4, -0.2) is 25.6 Å². The zero-order valence-electron chi connectivity index (χ0n) is 14.0. The summed E-state index contributed by atoms with van der Waals surface area (Å²) in [4.78, 5) is 27.6. The van der Waals surface area contributed by atoms with E-state index in [4.69, 9.17) is 0 Å². The largest absolute Gasteiger partial charge is 0.342 e. The van der Waals surface area contributed by atoms with Gasteiger partial charge in [-0.2, -0.15) is 5.10 Å². The van der Waals surface area contributed by atoms with Crippen molar-refractivity contribution in [3.05, 3.63) is 50.8 Å². The Balaban J connectivity index is 1.93. The Kier molecular flexibility index (Phi) is 4.47. The van der Waals surface area contributed by atoms with Crippen molar-refractivity contribution in [3.63, 3.8) is 0 Å². The topological polar surface area (TPSA) is 103 Å². The Bertz CT molecular complexity index is 849. The lowest BCUT2D eigenvalue weighted by molar-refractivity contribution is -0.385. The van der Waals surface area contributed by atoms with Crippen molar-refractivity contribution in [2.45, 2.75) is 45.7 Å². The number of aromatic nitrogens is 3. The highest BCUT2D eigenvalue weighted by Crippen LogP contribution is 2.27. The van der Waals surface area contributed by atoms with Crippen LogP contribution in [0.2, 0.25) is 0 Å². The van der Waals surface area contributed by atoms with Gasteiger partial charge >= 0.3 is 0 Å². The average Bonchev–Trinajstić information content (AvgIpc) is 3.01. The van der Waals surface area contributed by atoms with Gasteiger partial charge in [-0.1, -0.05) is 6.92 Å². The molecule has 0 bridgehead atoms. The minimum absolute atomic E-state index is 0.0433. The molecule has 0 saturated heterocycles. The fourth-order valence-corrected chi connectivity index (χ4v) is 3.03. The van der Waals surface area contributed by atoms with Crippen LogP contribution in [-0.2, 0) is 13.0 Å². The molecule has 1 aromatic heterocycles. The highest BCUT2D eigenvalue weighted by atomic mass is 19.1. The highest BCUT2D eigenvalue weighted by Gasteiger charge is 2.30. The third kappa shape index (κ3) is 3.09. The maximum Gasteiger partial charge on any atom is 0.282 e. The van der Waals surface area contributed by atoms with Gasteiger partial charge in [0.15, 0.2) is 5.82 Å². The van der Waals surface area contributed by atoms with E-state index in [0.717, 1.165) is 18.6 Å². The van der Waals surface area contributed by atoms with E-state index in [0.29, 0.717) is 31.0 Å². The normalized spacial score (nSPS) is 16.4. The van der Waals surface area contributed by atoms with Crippen molar-refractivity contribution in [1.29, 1.82) is 0 Å². The van der Waals surface area contributed by atoms with Crippen LogP contribution in [0.3, 0.4) is 0 Å². The molecule has 9 heteroatoms. The standard InChI is InChI=1S/C16H18FN5O3/c1-3-13-19-15-11(5-4-8-21(15)20-13)18-16(23)14-9(2)10(17)6-7-12(14)22(24)25/h6-7,11H,3-5,8H2,1-2H3,(H,18,23). The molecule has 2 heterocycles. The van der Waals surface area contributed by atoms with Crippen molar-refractivity contribution in [2.75, 3.05) is 0 Å². The Hall–Kier alpha value is -2.84. The summed E-state index contributed by atoms with van der Waals surface area (Å²) in [6, 6.07) is 1.60. The predicted octanol–water partition coefficient (Wildman–Crippen LogP) is 2.46. The first kappa shape index (κ1) is 17.0. The lowest BCUT2D eigenvalue weighted by Gasteiger charge is -2.23. The number of amides is 1. The molecule has 1 amide bonds. The van der Waals surface area contributed by atoms with Crippen LogP contribution in [0.5, 0.6) is 0 Å². The molecular weight excluding hydrogens is 329 g/mol. The SMILES string of the molecule is CCc1nc2n(n1)CCCC2NC(=O)c1c([N+](=O)[O-])ccc(F)c1C. The number of hydrogen-bond acceptors (Lipinski definition) is 5. The van der Waals surface area contributed by atoms with Gasteiger partial charge in [0.05, 0.1) is 11.0 Å². The summed E-state index contributed by atoms with van der Waals surface area (Å²) in [6.07, 6.45) is 2.12. The van der Waals surface area contributed by atoms with Crippen LogP contribution >= 0.6 is 0 Å². The summed E-state index contributed by atoms with van der Waals surface area (Å²) in [5, 5.41) is 18.3. The Morgan fingerprint density at radius 3 is 2.96 bits per heavy atom. The van der Waals surface area contributed by atoms with E-state index in [1.54, 1.807) is 4.68 Å². The molecule has 0 radical (unpaired) electrons. The fraction of sp³-hybridized carbons (Fsp3) is 0.438. The van der Waals surface area contributed by atoms with Crippen molar-refractivity contribution < 1.29 is 14.1 Å². The number of carbonyl (C=O) groups excluding carboxylic acids is 1. The summed E-state index contributed by atoms with van der Waals surface area (Å²) in [5.41, 5.74) is -0.710. The van der Waals surface area contributed by atoms with Gasteiger partial charge in [0.1, 0.15) is 17.2 Å². The fourth-order valence-electron chi connectivity index (χ4n) is 3.03. The molecule has 0 aliphatic carbocycles. The van der Waals surface area contributed by atoms with Gasteiger partial charge in [-0.3, -0.25) is 14.9 Å². The number of nitro groups is 1. The van der Waals surface area contributed by atoms with E-state index in [1.807, 2.05) is 6.92 Å². The lowest BCUT2D eigenvalue weighted by atomic mass is 10.0. The molecule has 0 spiro atoms. The second kappa shape index (κ2) is 6.58. The van der Waals surface area contributed by atoms with Crippen molar-refractivity contribution in [3.8, 4) is 0 Å². The number of aryl methyl sites for hydroxylation is 2. The maximum absolute atomic E-state index is 13.8. The summed E-state index contributed by atoms with van der Waals surface area (Å²) in [7, 11) is 0. The number of nitrogens with zero attached hydrogens (tertiary/aromatic N) is 4. The van der Waals surface area contributed by atoms with Gasteiger partial charge in [0, 0.05) is 24.6 Å². The van der Waals surface area contributed by atoms with Gasteiger partial charge in [-0.25, -0.2) is 14.1 Å². The monoisotopic (exact) mass is 347 g/mol. The maximum atomic E-state index is 13.8. The second-order valence-corrected chi connectivity index (χ2v) is 5.95. The summed E-state index contributed by atoms with van der Waals surface area (Å²) < 4.78 is 15.6. The van der Waals surface area contributed by atoms with Gasteiger partial charge in [0.2, 0.25) is 0 Å². The molecule has 1 aromatic carbocycles. The van der Waals surface area contributed by atoms with E-state index >= 15 is 0 Å². The van der Waals surface area contributed by atoms with E-state index in [1.165, 1.54) is 6.92 Å². The van der Waals surface area contributed by atoms with Crippen molar-refractivity contribution in [2.24, 2.45) is 0 Å². The van der Waals surface area contributed by atoms with E-state index in [2.05, 4.69) is 15.4 Å². The molecule has 1 atom stereocenters. The minimum Gasteiger partial charge on any atom is -0.342 e. The molecular formula is C16H18FN5O3. The van der Waals surface area contributed by atoms with E-state index in [9.17, 15) is 19.3 Å². The third-order valence-electron chi connectivity index (χ3n) is 4.34. The first-order valence-corrected chi connectivity index (χ1v) is 8.10. The van der Waals surface area contributed by atoms with Crippen LogP contribution in [0.15, 0.2) is 12.1 Å². The molecule has 1 N–H and O–H groups in total. The van der Waals surface area contributed by atoms with Crippen LogP contribution in [0, 0.1) is 22.9 Å². The smallest absolute Gasteiger partial charge is 0.282 e. The molecule has 132 valence electrons. The minimum atomic E-state index is -0.681. The number of hydrogen-bond donors (Lipinski definition) is 1. The first-order valence-electron chi connectivity index (χ1n) is 8.10. The van der Waals surface area contributed by atoms with Gasteiger partial charge in [-0.05, 0) is 25.8 Å². The molecule has 8 nitrogen and oxygen atoms in total. The van der Waals surface area contributed by atoms with E-state index in [-0.39, 0.29) is 11.1 Å². The zero-order chi connectivity index (χ0) is 18.1. The van der Waals surface area contributed by atoms with Crippen molar-refractivity contribution >= 4 is 11.6 Å². The number of rotatable bonds is 4. The molecule has 0 saturated carbocycles. The average molecular weight is 347 g/mol. The molecule has 1 unspecified atom stereocenters. The van der Waals surface area contributed by atoms with Crippen molar-refractivity contribution in [1.82, 2.24) is 20.1 Å². The number of fused-ring (bicyclic) bond motifs is 1. The summed E-state index contributed by atoms with van der Waals surface area (Å²) in [6.45, 7) is 4.01.